The van der Waals surface area contributed by atoms with Crippen LogP contribution in [0.25, 0.3) is 114 Å². The van der Waals surface area contributed by atoms with Crippen LogP contribution in [0, 0.1) is 0 Å². The van der Waals surface area contributed by atoms with E-state index in [9.17, 15) is 0 Å². The lowest BCUT2D eigenvalue weighted by atomic mass is 9.94. The number of para-hydroxylation sites is 2. The Hall–Kier alpha value is -6.82. The molecule has 4 nitrogen and oxygen atoms in total. The molecule has 0 saturated heterocycles. The van der Waals surface area contributed by atoms with Gasteiger partial charge < -0.3 is 4.42 Å². The highest BCUT2D eigenvalue weighted by atomic mass is 32.1. The standard InChI is InChI=1S/C48H27N3OS/c1-2-12-28(13-3-1)45-35-17-6-9-19-39(35)49-48(50-45)51-40-20-10-7-18-36(40)44-41(51)25-24-34-38-27-37(30-14-4-5-16-33(30)46(38)52-47(34)44)29-22-23-32-31-15-8-11-21-42(31)53-43(32)26-29/h1-27H. The fourth-order valence-corrected chi connectivity index (χ4v) is 9.58. The van der Waals surface area contributed by atoms with Crippen LogP contribution in [0.2, 0.25) is 0 Å². The summed E-state index contributed by atoms with van der Waals surface area (Å²) in [7, 11) is 0. The van der Waals surface area contributed by atoms with Gasteiger partial charge in [-0.05, 0) is 59.0 Å². The molecule has 12 rings (SSSR count). The van der Waals surface area contributed by atoms with Crippen molar-refractivity contribution in [2.75, 3.05) is 0 Å². The van der Waals surface area contributed by atoms with Crippen LogP contribution in [0.5, 0.6) is 0 Å². The Kier molecular flexibility index (Phi) is 5.90. The van der Waals surface area contributed by atoms with E-state index >= 15 is 0 Å². The second kappa shape index (κ2) is 10.8. The first-order chi connectivity index (χ1) is 26.3. The van der Waals surface area contributed by atoms with Crippen molar-refractivity contribution >= 4 is 96.9 Å². The molecule has 0 amide bonds. The Morgan fingerprint density at radius 2 is 1.11 bits per heavy atom. The fraction of sp³-hybridized carbons (Fsp3) is 0. The van der Waals surface area contributed by atoms with E-state index in [0.29, 0.717) is 5.95 Å². The van der Waals surface area contributed by atoms with Gasteiger partial charge in [-0.3, -0.25) is 4.57 Å². The van der Waals surface area contributed by atoms with Crippen LogP contribution in [0.1, 0.15) is 0 Å². The van der Waals surface area contributed by atoms with Gasteiger partial charge in [0.05, 0.1) is 27.6 Å². The summed E-state index contributed by atoms with van der Waals surface area (Å²) in [6.45, 7) is 0. The Bertz CT molecular complexity index is 3460. The predicted octanol–water partition coefficient (Wildman–Crippen LogP) is 13.5. The Morgan fingerprint density at radius 1 is 0.434 bits per heavy atom. The van der Waals surface area contributed by atoms with Crippen molar-refractivity contribution in [2.24, 2.45) is 0 Å². The number of rotatable bonds is 3. The third-order valence-corrected chi connectivity index (χ3v) is 11.9. The normalized spacial score (nSPS) is 12.2. The molecule has 0 unspecified atom stereocenters. The number of fused-ring (bicyclic) bond motifs is 13. The van der Waals surface area contributed by atoms with E-state index in [0.717, 1.165) is 71.3 Å². The van der Waals surface area contributed by atoms with E-state index in [2.05, 4.69) is 150 Å². The highest BCUT2D eigenvalue weighted by Gasteiger charge is 2.23. The first-order valence-corrected chi connectivity index (χ1v) is 18.6. The van der Waals surface area contributed by atoms with Gasteiger partial charge in [-0.15, -0.1) is 11.3 Å². The largest absolute Gasteiger partial charge is 0.455 e. The van der Waals surface area contributed by atoms with E-state index in [4.69, 9.17) is 14.4 Å². The minimum absolute atomic E-state index is 0.633. The minimum Gasteiger partial charge on any atom is -0.455 e. The number of aromatic nitrogens is 3. The molecule has 0 atom stereocenters. The number of hydrogen-bond donors (Lipinski definition) is 0. The maximum atomic E-state index is 7.05. The van der Waals surface area contributed by atoms with Crippen LogP contribution in [-0.2, 0) is 0 Å². The maximum Gasteiger partial charge on any atom is 0.235 e. The summed E-state index contributed by atoms with van der Waals surface area (Å²) in [5.41, 5.74) is 9.10. The summed E-state index contributed by atoms with van der Waals surface area (Å²) in [5, 5.41) is 10.3. The highest BCUT2D eigenvalue weighted by molar-refractivity contribution is 7.25. The van der Waals surface area contributed by atoms with Crippen LogP contribution < -0.4 is 0 Å². The van der Waals surface area contributed by atoms with E-state index in [-0.39, 0.29) is 0 Å². The van der Waals surface area contributed by atoms with Crippen molar-refractivity contribution in [3.05, 3.63) is 164 Å². The minimum atomic E-state index is 0.633. The van der Waals surface area contributed by atoms with Crippen LogP contribution >= 0.6 is 11.3 Å². The van der Waals surface area contributed by atoms with Gasteiger partial charge >= 0.3 is 0 Å². The monoisotopic (exact) mass is 693 g/mol. The molecule has 8 aromatic carbocycles. The molecule has 0 aliphatic rings. The maximum absolute atomic E-state index is 7.05. The SMILES string of the molecule is c1ccc(-c2nc(-n3c4ccccc4c4c5oc6c7ccccc7c(-c7ccc8c(c7)sc7ccccc78)cc6c5ccc43)nc3ccccc23)cc1. The number of nitrogens with zero attached hydrogens (tertiary/aromatic N) is 3. The molecule has 4 aromatic heterocycles. The number of thiophene rings is 1. The van der Waals surface area contributed by atoms with Gasteiger partial charge in [0.2, 0.25) is 5.95 Å². The van der Waals surface area contributed by atoms with Crippen molar-refractivity contribution < 1.29 is 4.42 Å². The molecule has 0 bridgehead atoms. The molecule has 4 heterocycles. The van der Waals surface area contributed by atoms with E-state index < -0.39 is 0 Å². The first-order valence-electron chi connectivity index (χ1n) is 17.8. The van der Waals surface area contributed by atoms with Crippen molar-refractivity contribution in [1.29, 1.82) is 0 Å². The summed E-state index contributed by atoms with van der Waals surface area (Å²) in [4.78, 5) is 10.5. The van der Waals surface area contributed by atoms with E-state index in [1.807, 2.05) is 29.5 Å². The van der Waals surface area contributed by atoms with Gasteiger partial charge in [0.15, 0.2) is 0 Å². The molecule has 53 heavy (non-hydrogen) atoms. The summed E-state index contributed by atoms with van der Waals surface area (Å²) in [6.07, 6.45) is 0. The third-order valence-electron chi connectivity index (χ3n) is 10.8. The molecule has 5 heteroatoms. The van der Waals surface area contributed by atoms with Gasteiger partial charge in [0.1, 0.15) is 11.2 Å². The van der Waals surface area contributed by atoms with Gasteiger partial charge in [-0.25, -0.2) is 9.97 Å². The van der Waals surface area contributed by atoms with Gasteiger partial charge in [-0.2, -0.15) is 0 Å². The molecule has 0 radical (unpaired) electrons. The molecule has 0 aliphatic carbocycles. The summed E-state index contributed by atoms with van der Waals surface area (Å²) >= 11 is 1.86. The van der Waals surface area contributed by atoms with Crippen molar-refractivity contribution in [1.82, 2.24) is 14.5 Å². The topological polar surface area (TPSA) is 43.9 Å². The smallest absolute Gasteiger partial charge is 0.235 e. The van der Waals surface area contributed by atoms with Crippen LogP contribution in [0.4, 0.5) is 0 Å². The third kappa shape index (κ3) is 4.11. The number of furan rings is 1. The Labute approximate surface area is 306 Å². The zero-order valence-electron chi connectivity index (χ0n) is 28.2. The van der Waals surface area contributed by atoms with Crippen LogP contribution in [0.3, 0.4) is 0 Å². The lowest BCUT2D eigenvalue weighted by Crippen LogP contribution is -2.03. The van der Waals surface area contributed by atoms with Crippen LogP contribution in [0.15, 0.2) is 168 Å². The predicted molar refractivity (Wildman–Crippen MR) is 222 cm³/mol. The van der Waals surface area contributed by atoms with Crippen LogP contribution in [-0.4, -0.2) is 14.5 Å². The summed E-state index contributed by atoms with van der Waals surface area (Å²) in [6, 6.07) is 58.2. The zero-order valence-corrected chi connectivity index (χ0v) is 29.1. The summed E-state index contributed by atoms with van der Waals surface area (Å²) < 4.78 is 11.9. The molecular formula is C48H27N3OS. The van der Waals surface area contributed by atoms with Gasteiger partial charge in [0, 0.05) is 52.7 Å². The average Bonchev–Trinajstić information content (AvgIpc) is 3.89. The highest BCUT2D eigenvalue weighted by Crippen LogP contribution is 2.45. The molecule has 0 N–H and O–H groups in total. The van der Waals surface area contributed by atoms with E-state index in [1.54, 1.807) is 0 Å². The van der Waals surface area contributed by atoms with Crippen molar-refractivity contribution in [3.8, 4) is 28.3 Å². The lowest BCUT2D eigenvalue weighted by Gasteiger charge is -2.11. The van der Waals surface area contributed by atoms with Crippen molar-refractivity contribution in [3.63, 3.8) is 0 Å². The number of benzene rings is 8. The second-order valence-electron chi connectivity index (χ2n) is 13.7. The average molecular weight is 694 g/mol. The quantitative estimate of drug-likeness (QED) is 0.185. The molecule has 12 aromatic rings. The zero-order chi connectivity index (χ0) is 34.6. The Morgan fingerprint density at radius 3 is 2.00 bits per heavy atom. The van der Waals surface area contributed by atoms with Crippen molar-refractivity contribution in [2.45, 2.75) is 0 Å². The second-order valence-corrected chi connectivity index (χ2v) is 14.8. The lowest BCUT2D eigenvalue weighted by molar-refractivity contribution is 0.676. The molecule has 0 saturated carbocycles. The Balaban J connectivity index is 1.14. The van der Waals surface area contributed by atoms with Gasteiger partial charge in [-0.1, -0.05) is 121 Å². The fourth-order valence-electron chi connectivity index (χ4n) is 8.44. The molecule has 246 valence electrons. The molecule has 0 aliphatic heterocycles. The molecule has 0 fully saturated rings. The molecular weight excluding hydrogens is 667 g/mol. The van der Waals surface area contributed by atoms with E-state index in [1.165, 1.54) is 36.7 Å². The first kappa shape index (κ1) is 28.8. The number of hydrogen-bond acceptors (Lipinski definition) is 4. The van der Waals surface area contributed by atoms with Gasteiger partial charge in [0.25, 0.3) is 0 Å². The summed E-state index contributed by atoms with van der Waals surface area (Å²) in [5.74, 6) is 0.633. The molecule has 0 spiro atoms.